The van der Waals surface area contributed by atoms with E-state index in [0.29, 0.717) is 25.3 Å². The molecule has 4 rings (SSSR count). The van der Waals surface area contributed by atoms with Crippen LogP contribution < -0.4 is 4.90 Å². The summed E-state index contributed by atoms with van der Waals surface area (Å²) in [5, 5.41) is 6.13. The number of thiazole rings is 1. The van der Waals surface area contributed by atoms with Gasteiger partial charge in [-0.15, -0.1) is 0 Å². The Morgan fingerprint density at radius 2 is 1.96 bits per heavy atom. The Kier molecular flexibility index (Phi) is 4.82. The number of fused-ring (bicyclic) bond motifs is 1. The van der Waals surface area contributed by atoms with Crippen molar-refractivity contribution in [2.24, 2.45) is 0 Å². The van der Waals surface area contributed by atoms with E-state index in [-0.39, 0.29) is 5.91 Å². The number of nitrogens with zero attached hydrogens (tertiary/aromatic N) is 5. The molecule has 2 aromatic heterocycles. The average molecular weight is 404 g/mol. The summed E-state index contributed by atoms with van der Waals surface area (Å²) in [6.07, 6.45) is 0. The zero-order chi connectivity index (χ0) is 19.1. The number of piperazine rings is 1. The van der Waals surface area contributed by atoms with Crippen LogP contribution in [-0.2, 0) is 6.54 Å². The number of aromatic nitrogens is 3. The van der Waals surface area contributed by atoms with Crippen LogP contribution in [0.2, 0.25) is 5.02 Å². The Labute approximate surface area is 167 Å². The molecule has 27 heavy (non-hydrogen) atoms. The largest absolute Gasteiger partial charge is 0.345 e. The topological polar surface area (TPSA) is 54.3 Å². The molecule has 1 aliphatic rings. The van der Waals surface area contributed by atoms with Crippen molar-refractivity contribution in [2.75, 3.05) is 31.1 Å². The van der Waals surface area contributed by atoms with Crippen LogP contribution >= 0.6 is 22.9 Å². The summed E-state index contributed by atoms with van der Waals surface area (Å²) in [4.78, 5) is 21.8. The van der Waals surface area contributed by atoms with Gasteiger partial charge in [0.2, 0.25) is 0 Å². The van der Waals surface area contributed by atoms with Crippen molar-refractivity contribution in [3.8, 4) is 0 Å². The van der Waals surface area contributed by atoms with E-state index in [1.54, 1.807) is 16.0 Å². The number of hydrogen-bond acceptors (Lipinski definition) is 5. The summed E-state index contributed by atoms with van der Waals surface area (Å²) in [6.45, 7) is 9.54. The Bertz CT molecular complexity index is 1000. The van der Waals surface area contributed by atoms with E-state index in [2.05, 4.69) is 10.00 Å². The first-order valence-corrected chi connectivity index (χ1v) is 10.3. The Hall–Kier alpha value is -2.12. The van der Waals surface area contributed by atoms with Crippen LogP contribution in [0.25, 0.3) is 10.2 Å². The van der Waals surface area contributed by atoms with Crippen molar-refractivity contribution in [2.45, 2.75) is 27.3 Å². The lowest BCUT2D eigenvalue weighted by molar-refractivity contribution is 0.0734. The highest BCUT2D eigenvalue weighted by atomic mass is 35.5. The van der Waals surface area contributed by atoms with Gasteiger partial charge in [-0.05, 0) is 44.5 Å². The van der Waals surface area contributed by atoms with Gasteiger partial charge in [0.25, 0.3) is 5.91 Å². The molecule has 6 nitrogen and oxygen atoms in total. The third-order valence-electron chi connectivity index (χ3n) is 4.99. The molecule has 1 amide bonds. The smallest absolute Gasteiger partial charge is 0.272 e. The third kappa shape index (κ3) is 3.30. The standard InChI is InChI=1S/C19H22ClN5OS/c1-4-25-15(11-12(2)22-25)18(26)23-7-9-24(10-8-23)19-21-17-13(3)14(20)5-6-16(17)27-19/h5-6,11H,4,7-10H2,1-3H3. The van der Waals surface area contributed by atoms with Crippen LogP contribution in [0.15, 0.2) is 18.2 Å². The number of carbonyl (C=O) groups is 1. The average Bonchev–Trinajstić information content (AvgIpc) is 3.28. The van der Waals surface area contributed by atoms with Crippen molar-refractivity contribution in [1.29, 1.82) is 0 Å². The quantitative estimate of drug-likeness (QED) is 0.668. The Balaban J connectivity index is 1.49. The van der Waals surface area contributed by atoms with Crippen molar-refractivity contribution >= 4 is 44.2 Å². The lowest BCUT2D eigenvalue weighted by Crippen LogP contribution is -2.49. The molecule has 1 fully saturated rings. The van der Waals surface area contributed by atoms with Gasteiger partial charge in [-0.3, -0.25) is 9.48 Å². The molecule has 3 heterocycles. The molecule has 142 valence electrons. The Morgan fingerprint density at radius 3 is 2.67 bits per heavy atom. The summed E-state index contributed by atoms with van der Waals surface area (Å²) in [6, 6.07) is 5.83. The second kappa shape index (κ2) is 7.13. The van der Waals surface area contributed by atoms with Crippen LogP contribution in [0.4, 0.5) is 5.13 Å². The molecule has 1 saturated heterocycles. The van der Waals surface area contributed by atoms with Crippen LogP contribution in [-0.4, -0.2) is 51.8 Å². The van der Waals surface area contributed by atoms with Gasteiger partial charge in [-0.2, -0.15) is 5.10 Å². The van der Waals surface area contributed by atoms with Gasteiger partial charge in [0, 0.05) is 37.7 Å². The minimum absolute atomic E-state index is 0.0593. The zero-order valence-corrected chi connectivity index (χ0v) is 17.3. The van der Waals surface area contributed by atoms with Crippen molar-refractivity contribution in [3.05, 3.63) is 40.2 Å². The molecule has 0 aliphatic carbocycles. The SMILES string of the molecule is CCn1nc(C)cc1C(=O)N1CCN(c2nc3c(C)c(Cl)ccc3s2)CC1. The summed E-state index contributed by atoms with van der Waals surface area (Å²) < 4.78 is 2.93. The molecule has 0 unspecified atom stereocenters. The third-order valence-corrected chi connectivity index (χ3v) is 6.49. The second-order valence-corrected chi connectivity index (χ2v) is 8.20. The van der Waals surface area contributed by atoms with Crippen molar-refractivity contribution in [3.63, 3.8) is 0 Å². The number of carbonyl (C=O) groups excluding carboxylic acids is 1. The first-order chi connectivity index (χ1) is 13.0. The van der Waals surface area contributed by atoms with E-state index in [4.69, 9.17) is 16.6 Å². The van der Waals surface area contributed by atoms with E-state index in [0.717, 1.165) is 44.7 Å². The van der Waals surface area contributed by atoms with Crippen LogP contribution in [0.5, 0.6) is 0 Å². The molecule has 0 bridgehead atoms. The van der Waals surface area contributed by atoms with Gasteiger partial charge in [-0.25, -0.2) is 4.98 Å². The first-order valence-electron chi connectivity index (χ1n) is 9.12. The molecule has 1 aliphatic heterocycles. The number of anilines is 1. The molecule has 8 heteroatoms. The molecule has 0 atom stereocenters. The van der Waals surface area contributed by atoms with E-state index in [1.807, 2.05) is 43.9 Å². The minimum atomic E-state index is 0.0593. The molecular weight excluding hydrogens is 382 g/mol. The normalized spacial score (nSPS) is 15.0. The minimum Gasteiger partial charge on any atom is -0.345 e. The summed E-state index contributed by atoms with van der Waals surface area (Å²) in [7, 11) is 0. The van der Waals surface area contributed by atoms with E-state index >= 15 is 0 Å². The predicted molar refractivity (Wildman–Crippen MR) is 110 cm³/mol. The number of rotatable bonds is 3. The van der Waals surface area contributed by atoms with Gasteiger partial charge in [0.05, 0.1) is 15.9 Å². The van der Waals surface area contributed by atoms with Gasteiger partial charge in [0.1, 0.15) is 5.69 Å². The van der Waals surface area contributed by atoms with E-state index in [1.165, 1.54) is 0 Å². The van der Waals surface area contributed by atoms with E-state index in [9.17, 15) is 4.79 Å². The number of aryl methyl sites for hydroxylation is 3. The Morgan fingerprint density at radius 1 is 1.22 bits per heavy atom. The highest BCUT2D eigenvalue weighted by Crippen LogP contribution is 2.33. The van der Waals surface area contributed by atoms with Crippen molar-refractivity contribution in [1.82, 2.24) is 19.7 Å². The monoisotopic (exact) mass is 403 g/mol. The second-order valence-electron chi connectivity index (χ2n) is 6.78. The number of halogens is 1. The number of amides is 1. The van der Waals surface area contributed by atoms with E-state index < -0.39 is 0 Å². The lowest BCUT2D eigenvalue weighted by Gasteiger charge is -2.34. The summed E-state index contributed by atoms with van der Waals surface area (Å²) in [5.74, 6) is 0.0593. The number of hydrogen-bond donors (Lipinski definition) is 0. The summed E-state index contributed by atoms with van der Waals surface area (Å²) in [5.41, 5.74) is 3.55. The maximum Gasteiger partial charge on any atom is 0.272 e. The fraction of sp³-hybridized carbons (Fsp3) is 0.421. The lowest BCUT2D eigenvalue weighted by atomic mass is 10.2. The van der Waals surface area contributed by atoms with Crippen LogP contribution in [0.1, 0.15) is 28.7 Å². The molecule has 1 aromatic carbocycles. The molecule has 3 aromatic rings. The molecular formula is C19H22ClN5OS. The fourth-order valence-corrected chi connectivity index (χ4v) is 4.67. The van der Waals surface area contributed by atoms with Gasteiger partial charge in [0.15, 0.2) is 5.13 Å². The van der Waals surface area contributed by atoms with Crippen molar-refractivity contribution < 1.29 is 4.79 Å². The molecule has 0 saturated carbocycles. The van der Waals surface area contributed by atoms with Crippen LogP contribution in [0.3, 0.4) is 0 Å². The summed E-state index contributed by atoms with van der Waals surface area (Å²) >= 11 is 7.90. The number of benzene rings is 1. The maximum absolute atomic E-state index is 12.9. The first kappa shape index (κ1) is 18.3. The van der Waals surface area contributed by atoms with Gasteiger partial charge in [-0.1, -0.05) is 22.9 Å². The maximum atomic E-state index is 12.9. The van der Waals surface area contributed by atoms with Gasteiger partial charge >= 0.3 is 0 Å². The highest BCUT2D eigenvalue weighted by molar-refractivity contribution is 7.22. The molecule has 0 radical (unpaired) electrons. The zero-order valence-electron chi connectivity index (χ0n) is 15.7. The highest BCUT2D eigenvalue weighted by Gasteiger charge is 2.26. The molecule has 0 spiro atoms. The fourth-order valence-electron chi connectivity index (χ4n) is 3.45. The van der Waals surface area contributed by atoms with Crippen LogP contribution in [0, 0.1) is 13.8 Å². The van der Waals surface area contributed by atoms with Gasteiger partial charge < -0.3 is 9.80 Å². The predicted octanol–water partition coefficient (Wildman–Crippen LogP) is 3.75. The molecule has 0 N–H and O–H groups in total.